The molecule has 2 aliphatic rings. The fourth-order valence-corrected chi connectivity index (χ4v) is 3.86. The number of amides is 2. The number of nitrogens with zero attached hydrogens (tertiary/aromatic N) is 3. The Morgan fingerprint density at radius 1 is 1.38 bits per heavy atom. The second kappa shape index (κ2) is 8.48. The van der Waals surface area contributed by atoms with Gasteiger partial charge in [0.2, 0.25) is 0 Å². The number of rotatable bonds is 5. The molecule has 1 aromatic rings. The summed E-state index contributed by atoms with van der Waals surface area (Å²) in [6.07, 6.45) is 7.22. The Morgan fingerprint density at radius 2 is 2.21 bits per heavy atom. The van der Waals surface area contributed by atoms with E-state index in [1.54, 1.807) is 11.3 Å². The van der Waals surface area contributed by atoms with Crippen molar-refractivity contribution in [1.82, 2.24) is 20.5 Å². The van der Waals surface area contributed by atoms with Gasteiger partial charge in [-0.25, -0.2) is 9.78 Å². The highest BCUT2D eigenvalue weighted by molar-refractivity contribution is 7.13. The molecule has 1 fully saturated rings. The van der Waals surface area contributed by atoms with Crippen LogP contribution in [0.1, 0.15) is 26.2 Å². The van der Waals surface area contributed by atoms with Gasteiger partial charge < -0.3 is 15.5 Å². The van der Waals surface area contributed by atoms with E-state index >= 15 is 0 Å². The van der Waals surface area contributed by atoms with Crippen LogP contribution in [0, 0.1) is 0 Å². The number of urea groups is 1. The highest BCUT2D eigenvalue weighted by atomic mass is 32.1. The maximum atomic E-state index is 12.0. The van der Waals surface area contributed by atoms with Crippen molar-refractivity contribution in [3.05, 3.63) is 23.2 Å². The van der Waals surface area contributed by atoms with Crippen molar-refractivity contribution in [1.29, 1.82) is 0 Å². The highest BCUT2D eigenvalue weighted by Gasteiger charge is 2.21. The first-order valence-corrected chi connectivity index (χ1v) is 9.65. The Hall–Kier alpha value is -1.60. The molecule has 2 amide bonds. The van der Waals surface area contributed by atoms with Gasteiger partial charge in [0.25, 0.3) is 0 Å². The Bertz CT molecular complexity index is 551. The van der Waals surface area contributed by atoms with E-state index in [2.05, 4.69) is 38.4 Å². The first-order chi connectivity index (χ1) is 11.7. The zero-order valence-electron chi connectivity index (χ0n) is 14.3. The SMILES string of the molecule is CC1=CCN(CCNC(=O)NC2CCN(c3nccs3)CC2)CC1. The Balaban J connectivity index is 1.30. The largest absolute Gasteiger partial charge is 0.348 e. The number of carbonyl (C=O) groups is 1. The Morgan fingerprint density at radius 3 is 2.88 bits per heavy atom. The molecule has 0 saturated carbocycles. The summed E-state index contributed by atoms with van der Waals surface area (Å²) in [7, 11) is 0. The molecule has 2 N–H and O–H groups in total. The fraction of sp³-hybridized carbons (Fsp3) is 0.647. The topological polar surface area (TPSA) is 60.5 Å². The van der Waals surface area contributed by atoms with Gasteiger partial charge in [0.15, 0.2) is 5.13 Å². The third kappa shape index (κ3) is 4.95. The van der Waals surface area contributed by atoms with Crippen molar-refractivity contribution in [2.75, 3.05) is 44.2 Å². The molecule has 6 nitrogen and oxygen atoms in total. The van der Waals surface area contributed by atoms with Crippen LogP contribution >= 0.6 is 11.3 Å². The molecule has 0 bridgehead atoms. The van der Waals surface area contributed by atoms with Gasteiger partial charge in [-0.15, -0.1) is 11.3 Å². The summed E-state index contributed by atoms with van der Waals surface area (Å²) in [5.74, 6) is 0. The molecule has 1 aromatic heterocycles. The minimum Gasteiger partial charge on any atom is -0.348 e. The second-order valence-electron chi connectivity index (χ2n) is 6.58. The minimum absolute atomic E-state index is 0.0357. The van der Waals surface area contributed by atoms with E-state index in [4.69, 9.17) is 0 Å². The number of anilines is 1. The summed E-state index contributed by atoms with van der Waals surface area (Å²) in [5.41, 5.74) is 1.47. The lowest BCUT2D eigenvalue weighted by molar-refractivity contribution is 0.230. The molecule has 0 radical (unpaired) electrons. The first kappa shape index (κ1) is 17.2. The van der Waals surface area contributed by atoms with E-state index in [1.807, 2.05) is 11.6 Å². The van der Waals surface area contributed by atoms with Gasteiger partial charge in [-0.3, -0.25) is 4.90 Å². The third-order valence-electron chi connectivity index (χ3n) is 4.75. The lowest BCUT2D eigenvalue weighted by Gasteiger charge is -2.32. The summed E-state index contributed by atoms with van der Waals surface area (Å²) in [4.78, 5) is 21.1. The maximum absolute atomic E-state index is 12.0. The van der Waals surface area contributed by atoms with Crippen molar-refractivity contribution < 1.29 is 4.79 Å². The quantitative estimate of drug-likeness (QED) is 0.799. The number of hydrogen-bond acceptors (Lipinski definition) is 5. The van der Waals surface area contributed by atoms with E-state index in [0.29, 0.717) is 6.54 Å². The van der Waals surface area contributed by atoms with Crippen LogP contribution in [0.3, 0.4) is 0 Å². The van der Waals surface area contributed by atoms with E-state index in [-0.39, 0.29) is 12.1 Å². The van der Waals surface area contributed by atoms with Crippen LogP contribution in [0.25, 0.3) is 0 Å². The van der Waals surface area contributed by atoms with Gasteiger partial charge in [0.05, 0.1) is 0 Å². The smallest absolute Gasteiger partial charge is 0.315 e. The molecule has 0 unspecified atom stereocenters. The second-order valence-corrected chi connectivity index (χ2v) is 7.45. The van der Waals surface area contributed by atoms with E-state index in [9.17, 15) is 4.79 Å². The van der Waals surface area contributed by atoms with Gasteiger partial charge in [-0.2, -0.15) is 0 Å². The number of piperidine rings is 1. The molecule has 0 atom stereocenters. The molecule has 0 spiro atoms. The predicted octanol–water partition coefficient (Wildman–Crippen LogP) is 2.06. The van der Waals surface area contributed by atoms with Crippen molar-refractivity contribution in [2.45, 2.75) is 32.2 Å². The summed E-state index contributed by atoms with van der Waals surface area (Å²) >= 11 is 1.68. The van der Waals surface area contributed by atoms with Gasteiger partial charge in [0.1, 0.15) is 0 Å². The molecular weight excluding hydrogens is 322 g/mol. The van der Waals surface area contributed by atoms with Crippen LogP contribution < -0.4 is 15.5 Å². The maximum Gasteiger partial charge on any atom is 0.315 e. The monoisotopic (exact) mass is 349 g/mol. The van der Waals surface area contributed by atoms with Gasteiger partial charge in [-0.05, 0) is 26.2 Å². The lowest BCUT2D eigenvalue weighted by Crippen LogP contribution is -2.49. The molecule has 24 heavy (non-hydrogen) atoms. The minimum atomic E-state index is -0.0357. The number of hydrogen-bond donors (Lipinski definition) is 2. The number of aromatic nitrogens is 1. The summed E-state index contributed by atoms with van der Waals surface area (Å²) in [5, 5.41) is 9.19. The van der Waals surface area contributed by atoms with Crippen molar-refractivity contribution >= 4 is 22.5 Å². The molecule has 3 rings (SSSR count). The average Bonchev–Trinajstić information content (AvgIpc) is 3.12. The number of carbonyl (C=O) groups excluding carboxylic acids is 1. The van der Waals surface area contributed by atoms with Crippen LogP contribution in [0.4, 0.5) is 9.93 Å². The normalized spacial score (nSPS) is 19.9. The van der Waals surface area contributed by atoms with Crippen LogP contribution in [0.15, 0.2) is 23.2 Å². The van der Waals surface area contributed by atoms with Gasteiger partial charge in [0, 0.05) is 56.9 Å². The molecule has 3 heterocycles. The van der Waals surface area contributed by atoms with Crippen molar-refractivity contribution in [3.8, 4) is 0 Å². The molecule has 7 heteroatoms. The van der Waals surface area contributed by atoms with E-state index in [0.717, 1.165) is 57.1 Å². The third-order valence-corrected chi connectivity index (χ3v) is 5.59. The lowest BCUT2D eigenvalue weighted by atomic mass is 10.1. The van der Waals surface area contributed by atoms with Gasteiger partial charge in [-0.1, -0.05) is 11.6 Å². The first-order valence-electron chi connectivity index (χ1n) is 8.77. The standard InChI is InChI=1S/C17H27N5OS/c1-14-2-8-21(9-3-14)12-6-18-16(23)20-15-4-10-22(11-5-15)17-19-7-13-24-17/h2,7,13,15H,3-6,8-12H2,1H3,(H2,18,20,23). The summed E-state index contributed by atoms with van der Waals surface area (Å²) < 4.78 is 0. The highest BCUT2D eigenvalue weighted by Crippen LogP contribution is 2.21. The molecule has 132 valence electrons. The molecular formula is C17H27N5OS. The van der Waals surface area contributed by atoms with Crippen LogP contribution in [-0.2, 0) is 0 Å². The average molecular weight is 350 g/mol. The van der Waals surface area contributed by atoms with Crippen LogP contribution in [0.5, 0.6) is 0 Å². The fourth-order valence-electron chi connectivity index (χ4n) is 3.17. The predicted molar refractivity (Wildman–Crippen MR) is 98.7 cm³/mol. The molecule has 0 aromatic carbocycles. The zero-order chi connectivity index (χ0) is 16.8. The molecule has 2 aliphatic heterocycles. The summed E-state index contributed by atoms with van der Waals surface area (Å²) in [6.45, 7) is 7.82. The van der Waals surface area contributed by atoms with Gasteiger partial charge >= 0.3 is 6.03 Å². The molecule has 1 saturated heterocycles. The van der Waals surface area contributed by atoms with E-state index in [1.165, 1.54) is 5.57 Å². The number of nitrogens with one attached hydrogen (secondary N) is 2. The van der Waals surface area contributed by atoms with Crippen molar-refractivity contribution in [3.63, 3.8) is 0 Å². The zero-order valence-corrected chi connectivity index (χ0v) is 15.1. The number of thiazole rings is 1. The van der Waals surface area contributed by atoms with Crippen LogP contribution in [-0.4, -0.2) is 61.2 Å². The molecule has 0 aliphatic carbocycles. The Kier molecular flexibility index (Phi) is 6.09. The van der Waals surface area contributed by atoms with Crippen LogP contribution in [0.2, 0.25) is 0 Å². The van der Waals surface area contributed by atoms with E-state index < -0.39 is 0 Å². The summed E-state index contributed by atoms with van der Waals surface area (Å²) in [6, 6.07) is 0.230. The Labute approximate surface area is 147 Å². The van der Waals surface area contributed by atoms with Crippen molar-refractivity contribution in [2.24, 2.45) is 0 Å².